The van der Waals surface area contributed by atoms with Gasteiger partial charge in [0.2, 0.25) is 6.41 Å². The number of carbonyl (C=O) groups is 2. The molecule has 5 rings (SSSR count). The van der Waals surface area contributed by atoms with Gasteiger partial charge in [-0.25, -0.2) is 9.67 Å². The van der Waals surface area contributed by atoms with Gasteiger partial charge in [0.25, 0.3) is 5.91 Å². The highest BCUT2D eigenvalue weighted by Gasteiger charge is 2.26. The molecule has 3 N–H and O–H groups in total. The Bertz CT molecular complexity index is 1220. The van der Waals surface area contributed by atoms with Crippen LogP contribution in [0.1, 0.15) is 58.2 Å². The van der Waals surface area contributed by atoms with Crippen LogP contribution in [-0.2, 0) is 24.3 Å². The number of aryl methyl sites for hydroxylation is 1. The van der Waals surface area contributed by atoms with Crippen molar-refractivity contribution in [2.24, 2.45) is 0 Å². The molecule has 10 nitrogen and oxygen atoms in total. The maximum Gasteiger partial charge on any atom is 0.273 e. The maximum absolute atomic E-state index is 12.8. The van der Waals surface area contributed by atoms with E-state index in [2.05, 4.69) is 32.6 Å². The van der Waals surface area contributed by atoms with Crippen LogP contribution in [0.2, 0.25) is 0 Å². The molecule has 0 bridgehead atoms. The molecule has 1 aliphatic heterocycles. The number of nitrogens with two attached hydrogens (primary N) is 1. The average molecular weight is 489 g/mol. The summed E-state index contributed by atoms with van der Waals surface area (Å²) in [6.07, 6.45) is 6.51. The zero-order valence-electron chi connectivity index (χ0n) is 20.5. The molecule has 2 aliphatic rings. The predicted octanol–water partition coefficient (Wildman–Crippen LogP) is 1.77. The van der Waals surface area contributed by atoms with Crippen molar-refractivity contribution in [1.29, 1.82) is 0 Å². The highest BCUT2D eigenvalue weighted by atomic mass is 16.2. The summed E-state index contributed by atoms with van der Waals surface area (Å²) in [7, 11) is 2.12. The molecule has 0 spiro atoms. The number of likely N-dealkylation sites (tertiary alicyclic amines) is 1. The number of carbonyl (C=O) groups excluding carboxylic acids is 2. The van der Waals surface area contributed by atoms with Crippen LogP contribution in [0.4, 0.5) is 5.82 Å². The standard InChI is InChI=1S/C26H32N8O2/c1-32-12-2-3-20(32)15-33(17-35)13-18-4-6-19(7-5-18)14-34-16-24(30-31-34)26(36)29-23-10-9-22-21(23)8-11-25(27)28-22/h4-8,11,16-17,20,23H,2-3,9-10,12-15H2,1H3,(H2,27,28)(H,29,36). The second kappa shape index (κ2) is 10.4. The van der Waals surface area contributed by atoms with E-state index in [1.165, 1.54) is 6.42 Å². The second-order valence-electron chi connectivity index (χ2n) is 9.77. The fourth-order valence-electron chi connectivity index (χ4n) is 5.14. The molecule has 2 aromatic heterocycles. The van der Waals surface area contributed by atoms with Crippen molar-refractivity contribution in [2.45, 2.75) is 50.9 Å². The number of pyridine rings is 1. The van der Waals surface area contributed by atoms with Gasteiger partial charge < -0.3 is 20.9 Å². The van der Waals surface area contributed by atoms with Gasteiger partial charge in [0.1, 0.15) is 5.82 Å². The average Bonchev–Trinajstić information content (AvgIpc) is 3.60. The van der Waals surface area contributed by atoms with E-state index in [-0.39, 0.29) is 17.6 Å². The topological polar surface area (TPSA) is 122 Å². The number of rotatable bonds is 9. The number of hydrogen-bond donors (Lipinski definition) is 2. The summed E-state index contributed by atoms with van der Waals surface area (Å²) >= 11 is 0. The summed E-state index contributed by atoms with van der Waals surface area (Å²) in [5.74, 6) is 0.239. The Morgan fingerprint density at radius 1 is 1.19 bits per heavy atom. The quantitative estimate of drug-likeness (QED) is 0.440. The summed E-state index contributed by atoms with van der Waals surface area (Å²) in [6, 6.07) is 12.1. The van der Waals surface area contributed by atoms with Gasteiger partial charge in [0.05, 0.1) is 18.8 Å². The lowest BCUT2D eigenvalue weighted by molar-refractivity contribution is -0.119. The SMILES string of the molecule is CN1CCCC1CN(C=O)Cc1ccc(Cn2cc(C(=O)NC3CCc4nc(N)ccc43)nn2)cc1. The summed E-state index contributed by atoms with van der Waals surface area (Å²) in [4.78, 5) is 32.9. The van der Waals surface area contributed by atoms with Crippen LogP contribution in [0, 0.1) is 0 Å². The molecule has 188 valence electrons. The molecule has 2 atom stereocenters. The number of fused-ring (bicyclic) bond motifs is 1. The first-order chi connectivity index (χ1) is 17.5. The Morgan fingerprint density at radius 3 is 2.75 bits per heavy atom. The first-order valence-corrected chi connectivity index (χ1v) is 12.4. The molecule has 2 unspecified atom stereocenters. The Morgan fingerprint density at radius 2 is 2.00 bits per heavy atom. The Kier molecular flexibility index (Phi) is 6.95. The van der Waals surface area contributed by atoms with Crippen LogP contribution in [0.25, 0.3) is 0 Å². The van der Waals surface area contributed by atoms with Crippen molar-refractivity contribution in [2.75, 3.05) is 25.9 Å². The molecule has 3 aromatic rings. The number of benzene rings is 1. The number of likely N-dealkylation sites (N-methyl/N-ethyl adjacent to an activating group) is 1. The van der Waals surface area contributed by atoms with Gasteiger partial charge in [-0.05, 0) is 62.0 Å². The van der Waals surface area contributed by atoms with E-state index in [1.54, 1.807) is 16.9 Å². The van der Waals surface area contributed by atoms with Gasteiger partial charge in [0.15, 0.2) is 5.69 Å². The number of aromatic nitrogens is 4. The number of nitrogen functional groups attached to an aromatic ring is 1. The lowest BCUT2D eigenvalue weighted by atomic mass is 10.1. The molecule has 0 saturated carbocycles. The first kappa shape index (κ1) is 23.9. The van der Waals surface area contributed by atoms with Crippen molar-refractivity contribution < 1.29 is 9.59 Å². The molecule has 3 heterocycles. The predicted molar refractivity (Wildman–Crippen MR) is 135 cm³/mol. The number of nitrogens with one attached hydrogen (secondary N) is 1. The largest absolute Gasteiger partial charge is 0.384 e. The van der Waals surface area contributed by atoms with Crippen LogP contribution in [0.5, 0.6) is 0 Å². The fraction of sp³-hybridized carbons (Fsp3) is 0.423. The van der Waals surface area contributed by atoms with Crippen LogP contribution in [0.3, 0.4) is 0 Å². The molecule has 2 amide bonds. The van der Waals surface area contributed by atoms with E-state index in [9.17, 15) is 9.59 Å². The summed E-state index contributed by atoms with van der Waals surface area (Å²) in [5, 5.41) is 11.2. The minimum Gasteiger partial charge on any atom is -0.384 e. The van der Waals surface area contributed by atoms with Crippen molar-refractivity contribution in [3.63, 3.8) is 0 Å². The highest BCUT2D eigenvalue weighted by Crippen LogP contribution is 2.30. The van der Waals surface area contributed by atoms with Gasteiger partial charge in [-0.15, -0.1) is 5.10 Å². The van der Waals surface area contributed by atoms with Gasteiger partial charge in [-0.1, -0.05) is 35.5 Å². The van der Waals surface area contributed by atoms with E-state index >= 15 is 0 Å². The Labute approximate surface area is 210 Å². The number of nitrogens with zero attached hydrogens (tertiary/aromatic N) is 6. The van der Waals surface area contributed by atoms with Crippen molar-refractivity contribution in [1.82, 2.24) is 35.1 Å². The molecular weight excluding hydrogens is 456 g/mol. The van der Waals surface area contributed by atoms with Gasteiger partial charge in [-0.3, -0.25) is 9.59 Å². The molecule has 1 aliphatic carbocycles. The third kappa shape index (κ3) is 5.38. The third-order valence-corrected chi connectivity index (χ3v) is 7.17. The molecule has 10 heteroatoms. The van der Waals surface area contributed by atoms with Crippen LogP contribution in [0.15, 0.2) is 42.6 Å². The smallest absolute Gasteiger partial charge is 0.273 e. The molecular formula is C26H32N8O2. The van der Waals surface area contributed by atoms with E-state index < -0.39 is 0 Å². The molecule has 1 aromatic carbocycles. The van der Waals surface area contributed by atoms with Crippen LogP contribution >= 0.6 is 0 Å². The second-order valence-corrected chi connectivity index (χ2v) is 9.77. The Balaban J connectivity index is 1.15. The monoisotopic (exact) mass is 488 g/mol. The van der Waals surface area contributed by atoms with Crippen molar-refractivity contribution >= 4 is 18.1 Å². The van der Waals surface area contributed by atoms with Crippen LogP contribution < -0.4 is 11.1 Å². The van der Waals surface area contributed by atoms with Gasteiger partial charge >= 0.3 is 0 Å². The lowest BCUT2D eigenvalue weighted by Gasteiger charge is -2.26. The van der Waals surface area contributed by atoms with Gasteiger partial charge in [-0.2, -0.15) is 0 Å². The lowest BCUT2D eigenvalue weighted by Crippen LogP contribution is -2.37. The summed E-state index contributed by atoms with van der Waals surface area (Å²) in [5.41, 5.74) is 10.1. The fourth-order valence-corrected chi connectivity index (χ4v) is 5.14. The first-order valence-electron chi connectivity index (χ1n) is 12.4. The maximum atomic E-state index is 12.8. The Hall–Kier alpha value is -3.79. The minimum absolute atomic E-state index is 0.0988. The number of anilines is 1. The number of amides is 2. The number of hydrogen-bond acceptors (Lipinski definition) is 7. The summed E-state index contributed by atoms with van der Waals surface area (Å²) < 4.78 is 1.66. The van der Waals surface area contributed by atoms with E-state index in [4.69, 9.17) is 5.73 Å². The van der Waals surface area contributed by atoms with Crippen LogP contribution in [-0.4, -0.2) is 68.3 Å². The zero-order valence-corrected chi connectivity index (χ0v) is 20.5. The third-order valence-electron chi connectivity index (χ3n) is 7.17. The zero-order chi connectivity index (χ0) is 25.1. The van der Waals surface area contributed by atoms with Gasteiger partial charge in [0, 0.05) is 24.8 Å². The van der Waals surface area contributed by atoms with E-state index in [0.29, 0.717) is 24.9 Å². The minimum atomic E-state index is -0.256. The molecule has 36 heavy (non-hydrogen) atoms. The summed E-state index contributed by atoms with van der Waals surface area (Å²) in [6.45, 7) is 2.94. The van der Waals surface area contributed by atoms with Crippen molar-refractivity contribution in [3.8, 4) is 0 Å². The van der Waals surface area contributed by atoms with E-state index in [0.717, 1.165) is 61.1 Å². The highest BCUT2D eigenvalue weighted by molar-refractivity contribution is 5.92. The van der Waals surface area contributed by atoms with E-state index in [1.807, 2.05) is 35.2 Å². The molecule has 0 radical (unpaired) electrons. The molecule has 1 fully saturated rings. The normalized spacial score (nSPS) is 19.2. The van der Waals surface area contributed by atoms with Crippen molar-refractivity contribution in [3.05, 3.63) is 70.7 Å². The molecule has 1 saturated heterocycles.